The molecule has 2 rings (SSSR count). The van der Waals surface area contributed by atoms with E-state index in [9.17, 15) is 4.79 Å². The van der Waals surface area contributed by atoms with Gasteiger partial charge in [-0.2, -0.15) is 0 Å². The number of carbonyl (C=O) groups is 1. The van der Waals surface area contributed by atoms with E-state index in [1.54, 1.807) is 0 Å². The fourth-order valence-corrected chi connectivity index (χ4v) is 3.64. The van der Waals surface area contributed by atoms with Gasteiger partial charge in [0.15, 0.2) is 0 Å². The van der Waals surface area contributed by atoms with E-state index in [0.29, 0.717) is 11.9 Å². The van der Waals surface area contributed by atoms with E-state index in [-0.39, 0.29) is 5.92 Å². The van der Waals surface area contributed by atoms with E-state index in [1.165, 1.54) is 44.9 Å². The van der Waals surface area contributed by atoms with Crippen LogP contribution < -0.4 is 10.6 Å². The summed E-state index contributed by atoms with van der Waals surface area (Å²) >= 11 is 0. The first-order chi connectivity index (χ1) is 9.31. The Bertz CT molecular complexity index is 272. The minimum atomic E-state index is 0.283. The predicted octanol–water partition coefficient (Wildman–Crippen LogP) is 2.85. The van der Waals surface area contributed by atoms with Gasteiger partial charge < -0.3 is 10.6 Å². The van der Waals surface area contributed by atoms with Crippen molar-refractivity contribution in [2.24, 2.45) is 11.8 Å². The largest absolute Gasteiger partial charge is 0.354 e. The highest BCUT2D eigenvalue weighted by Gasteiger charge is 2.25. The average molecular weight is 266 g/mol. The second kappa shape index (κ2) is 7.88. The van der Waals surface area contributed by atoms with Gasteiger partial charge in [-0.05, 0) is 38.1 Å². The maximum atomic E-state index is 12.2. The van der Waals surface area contributed by atoms with Crippen LogP contribution in [0, 0.1) is 11.8 Å². The molecule has 1 aliphatic heterocycles. The fourth-order valence-electron chi connectivity index (χ4n) is 3.64. The van der Waals surface area contributed by atoms with Crippen LogP contribution in [0.2, 0.25) is 0 Å². The van der Waals surface area contributed by atoms with E-state index in [4.69, 9.17) is 0 Å². The Hall–Kier alpha value is -0.570. The first kappa shape index (κ1) is 14.8. The Morgan fingerprint density at radius 1 is 1.11 bits per heavy atom. The van der Waals surface area contributed by atoms with Crippen LogP contribution in [0.4, 0.5) is 0 Å². The zero-order chi connectivity index (χ0) is 13.5. The molecule has 2 unspecified atom stereocenters. The van der Waals surface area contributed by atoms with Crippen LogP contribution in [-0.2, 0) is 4.79 Å². The molecule has 3 nitrogen and oxygen atoms in total. The lowest BCUT2D eigenvalue weighted by molar-refractivity contribution is -0.125. The van der Waals surface area contributed by atoms with Crippen molar-refractivity contribution in [2.75, 3.05) is 13.1 Å². The van der Waals surface area contributed by atoms with Crippen molar-refractivity contribution in [3.8, 4) is 0 Å². The molecule has 3 heteroatoms. The van der Waals surface area contributed by atoms with Gasteiger partial charge in [-0.25, -0.2) is 0 Å². The molecular formula is C16H30N2O. The third kappa shape index (κ3) is 4.48. The molecule has 2 aliphatic rings. The van der Waals surface area contributed by atoms with Crippen molar-refractivity contribution in [1.82, 2.24) is 10.6 Å². The van der Waals surface area contributed by atoms with E-state index >= 15 is 0 Å². The molecule has 2 atom stereocenters. The summed E-state index contributed by atoms with van der Waals surface area (Å²) in [6.45, 7) is 4.20. The van der Waals surface area contributed by atoms with Crippen molar-refractivity contribution in [3.63, 3.8) is 0 Å². The number of hydrogen-bond donors (Lipinski definition) is 2. The van der Waals surface area contributed by atoms with Crippen LogP contribution in [0.1, 0.15) is 64.7 Å². The van der Waals surface area contributed by atoms with Crippen LogP contribution in [0.5, 0.6) is 0 Å². The molecule has 0 aromatic carbocycles. The summed E-state index contributed by atoms with van der Waals surface area (Å²) in [4.78, 5) is 12.2. The van der Waals surface area contributed by atoms with E-state index in [0.717, 1.165) is 31.8 Å². The Morgan fingerprint density at radius 3 is 2.53 bits per heavy atom. The highest BCUT2D eigenvalue weighted by molar-refractivity contribution is 5.78. The van der Waals surface area contributed by atoms with Crippen LogP contribution in [0.3, 0.4) is 0 Å². The zero-order valence-corrected chi connectivity index (χ0v) is 12.4. The number of rotatable bonds is 4. The molecule has 1 saturated carbocycles. The van der Waals surface area contributed by atoms with E-state index in [2.05, 4.69) is 17.6 Å². The van der Waals surface area contributed by atoms with Gasteiger partial charge in [0, 0.05) is 18.5 Å². The smallest absolute Gasteiger partial charge is 0.223 e. The summed E-state index contributed by atoms with van der Waals surface area (Å²) in [6.07, 6.45) is 11.1. The number of nitrogens with one attached hydrogen (secondary N) is 2. The summed E-state index contributed by atoms with van der Waals surface area (Å²) < 4.78 is 0. The standard InChI is InChI=1S/C16H30N2O/c1-2-13-10-7-11-17-15(13)12-18-16(19)14-8-5-3-4-6-9-14/h13-15,17H,2-12H2,1H3,(H,18,19). The molecule has 19 heavy (non-hydrogen) atoms. The maximum absolute atomic E-state index is 12.2. The lowest BCUT2D eigenvalue weighted by Crippen LogP contribution is -2.49. The highest BCUT2D eigenvalue weighted by Crippen LogP contribution is 2.23. The molecule has 2 N–H and O–H groups in total. The molecule has 110 valence electrons. The molecule has 1 amide bonds. The third-order valence-corrected chi connectivity index (χ3v) is 4.97. The molecule has 0 aromatic heterocycles. The van der Waals surface area contributed by atoms with Crippen LogP contribution >= 0.6 is 0 Å². The number of piperidine rings is 1. The molecule has 0 aromatic rings. The van der Waals surface area contributed by atoms with Gasteiger partial charge in [-0.3, -0.25) is 4.79 Å². The van der Waals surface area contributed by atoms with Crippen molar-refractivity contribution in [1.29, 1.82) is 0 Å². The van der Waals surface area contributed by atoms with Crippen LogP contribution in [0.15, 0.2) is 0 Å². The molecule has 1 saturated heterocycles. The lowest BCUT2D eigenvalue weighted by Gasteiger charge is -2.32. The topological polar surface area (TPSA) is 41.1 Å². The zero-order valence-electron chi connectivity index (χ0n) is 12.4. The summed E-state index contributed by atoms with van der Waals surface area (Å²) in [5.41, 5.74) is 0. The van der Waals surface area contributed by atoms with Gasteiger partial charge in [0.05, 0.1) is 0 Å². The van der Waals surface area contributed by atoms with Gasteiger partial charge in [-0.1, -0.05) is 39.0 Å². The number of amides is 1. The van der Waals surface area contributed by atoms with Crippen LogP contribution in [-0.4, -0.2) is 25.0 Å². The second-order valence-electron chi connectivity index (χ2n) is 6.30. The molecular weight excluding hydrogens is 236 g/mol. The van der Waals surface area contributed by atoms with Crippen molar-refractivity contribution in [3.05, 3.63) is 0 Å². The Balaban J connectivity index is 1.75. The van der Waals surface area contributed by atoms with E-state index in [1.807, 2.05) is 0 Å². The van der Waals surface area contributed by atoms with Gasteiger partial charge in [0.2, 0.25) is 5.91 Å². The van der Waals surface area contributed by atoms with Gasteiger partial charge >= 0.3 is 0 Å². The highest BCUT2D eigenvalue weighted by atomic mass is 16.1. The summed E-state index contributed by atoms with van der Waals surface area (Å²) in [6, 6.07) is 0.494. The lowest BCUT2D eigenvalue weighted by atomic mass is 9.88. The van der Waals surface area contributed by atoms with Crippen molar-refractivity contribution >= 4 is 5.91 Å². The molecule has 2 fully saturated rings. The van der Waals surface area contributed by atoms with Crippen molar-refractivity contribution < 1.29 is 4.79 Å². The molecule has 0 bridgehead atoms. The number of hydrogen-bond acceptors (Lipinski definition) is 2. The predicted molar refractivity (Wildman–Crippen MR) is 79.0 cm³/mol. The second-order valence-corrected chi connectivity index (χ2v) is 6.30. The summed E-state index contributed by atoms with van der Waals surface area (Å²) in [7, 11) is 0. The SMILES string of the molecule is CCC1CCCNC1CNC(=O)C1CCCCCC1. The number of carbonyl (C=O) groups excluding carboxylic acids is 1. The fraction of sp³-hybridized carbons (Fsp3) is 0.938. The molecule has 0 spiro atoms. The monoisotopic (exact) mass is 266 g/mol. The van der Waals surface area contributed by atoms with Gasteiger partial charge in [0.25, 0.3) is 0 Å². The molecule has 1 heterocycles. The molecule has 0 radical (unpaired) electrons. The maximum Gasteiger partial charge on any atom is 0.223 e. The Labute approximate surface area is 117 Å². The van der Waals surface area contributed by atoms with Crippen molar-refractivity contribution in [2.45, 2.75) is 70.8 Å². The van der Waals surface area contributed by atoms with Gasteiger partial charge in [0.1, 0.15) is 0 Å². The Morgan fingerprint density at radius 2 is 1.84 bits per heavy atom. The van der Waals surface area contributed by atoms with Crippen LogP contribution in [0.25, 0.3) is 0 Å². The summed E-state index contributed by atoms with van der Waals surface area (Å²) in [5, 5.41) is 6.79. The van der Waals surface area contributed by atoms with Gasteiger partial charge in [-0.15, -0.1) is 0 Å². The Kier molecular flexibility index (Phi) is 6.15. The quantitative estimate of drug-likeness (QED) is 0.768. The molecule has 1 aliphatic carbocycles. The first-order valence-electron chi connectivity index (χ1n) is 8.32. The minimum absolute atomic E-state index is 0.283. The minimum Gasteiger partial charge on any atom is -0.354 e. The normalized spacial score (nSPS) is 29.7. The van der Waals surface area contributed by atoms with E-state index < -0.39 is 0 Å². The third-order valence-electron chi connectivity index (χ3n) is 4.97. The first-order valence-corrected chi connectivity index (χ1v) is 8.32. The average Bonchev–Trinajstić information content (AvgIpc) is 2.74. The summed E-state index contributed by atoms with van der Waals surface area (Å²) in [5.74, 6) is 1.33.